The Hall–Kier alpha value is -2.96. The van der Waals surface area contributed by atoms with Crippen LogP contribution in [0.1, 0.15) is 17.5 Å². The molecule has 1 aromatic heterocycles. The zero-order chi connectivity index (χ0) is 19.8. The molecule has 3 aromatic rings. The maximum Gasteiger partial charge on any atom is 0.256 e. The number of morpholine rings is 1. The summed E-state index contributed by atoms with van der Waals surface area (Å²) in [4.78, 5) is 30.2. The Kier molecular flexibility index (Phi) is 4.66. The van der Waals surface area contributed by atoms with Crippen LogP contribution in [-0.2, 0) is 16.0 Å². The van der Waals surface area contributed by atoms with Crippen molar-refractivity contribution < 1.29 is 9.53 Å². The fraction of sp³-hybridized carbons (Fsp3) is 0.304. The molecule has 0 atom stereocenters. The normalized spacial score (nSPS) is 15.9. The number of aromatic amines is 1. The Morgan fingerprint density at radius 2 is 1.90 bits per heavy atom. The summed E-state index contributed by atoms with van der Waals surface area (Å²) < 4.78 is 5.34. The first-order chi connectivity index (χ1) is 14.2. The molecule has 148 valence electrons. The molecule has 1 fully saturated rings. The van der Waals surface area contributed by atoms with Gasteiger partial charge < -0.3 is 15.0 Å². The smallest absolute Gasteiger partial charge is 0.256 e. The van der Waals surface area contributed by atoms with E-state index in [0.717, 1.165) is 72.5 Å². The minimum absolute atomic E-state index is 0.00154. The zero-order valence-corrected chi connectivity index (χ0v) is 16.2. The first kappa shape index (κ1) is 18.1. The predicted octanol–water partition coefficient (Wildman–Crippen LogP) is 2.76. The number of fused-ring (bicyclic) bond motifs is 5. The van der Waals surface area contributed by atoms with Crippen molar-refractivity contribution in [2.45, 2.75) is 12.8 Å². The van der Waals surface area contributed by atoms with Gasteiger partial charge in [-0.3, -0.25) is 14.5 Å². The summed E-state index contributed by atoms with van der Waals surface area (Å²) in [7, 11) is 0. The maximum absolute atomic E-state index is 12.5. The highest BCUT2D eigenvalue weighted by atomic mass is 16.5. The number of H-pyrrole nitrogens is 1. The SMILES string of the molecule is O=C(CCN1CCOCC1)Nc1ccc2c(c1)-c1[nH]c(=O)c3ccccc3c1C2. The Morgan fingerprint density at radius 1 is 1.10 bits per heavy atom. The van der Waals surface area contributed by atoms with Crippen molar-refractivity contribution in [1.82, 2.24) is 9.88 Å². The van der Waals surface area contributed by atoms with Gasteiger partial charge in [-0.05, 0) is 34.7 Å². The number of carbonyl (C=O) groups excluding carboxylic acids is 1. The number of nitrogens with one attached hydrogen (secondary N) is 2. The van der Waals surface area contributed by atoms with Crippen molar-refractivity contribution in [1.29, 1.82) is 0 Å². The Bertz CT molecular complexity index is 1150. The molecule has 1 saturated heterocycles. The van der Waals surface area contributed by atoms with Crippen LogP contribution in [0, 0.1) is 0 Å². The van der Waals surface area contributed by atoms with Gasteiger partial charge in [0.1, 0.15) is 0 Å². The number of anilines is 1. The number of ether oxygens (including phenoxy) is 1. The molecule has 5 rings (SSSR count). The van der Waals surface area contributed by atoms with E-state index >= 15 is 0 Å². The molecule has 2 aromatic carbocycles. The lowest BCUT2D eigenvalue weighted by molar-refractivity contribution is -0.116. The standard InChI is InChI=1S/C23H23N3O3/c27-21(7-8-26-9-11-29-12-10-26)24-16-6-5-15-13-20-17-3-1-2-4-18(17)23(28)25-22(20)19(15)14-16/h1-6,14H,7-13H2,(H,24,27)(H,25,28). The van der Waals surface area contributed by atoms with Crippen LogP contribution in [-0.4, -0.2) is 48.6 Å². The lowest BCUT2D eigenvalue weighted by Crippen LogP contribution is -2.38. The van der Waals surface area contributed by atoms with E-state index in [9.17, 15) is 9.59 Å². The van der Waals surface area contributed by atoms with Gasteiger partial charge in [0.2, 0.25) is 5.91 Å². The summed E-state index contributed by atoms with van der Waals surface area (Å²) in [5, 5.41) is 4.72. The molecule has 1 aliphatic heterocycles. The molecule has 0 radical (unpaired) electrons. The molecule has 2 heterocycles. The molecule has 0 bridgehead atoms. The fourth-order valence-electron chi connectivity index (χ4n) is 4.29. The van der Waals surface area contributed by atoms with Crippen LogP contribution in [0.25, 0.3) is 22.0 Å². The summed E-state index contributed by atoms with van der Waals surface area (Å²) in [6, 6.07) is 13.7. The summed E-state index contributed by atoms with van der Waals surface area (Å²) in [5.41, 5.74) is 4.86. The number of benzene rings is 2. The van der Waals surface area contributed by atoms with E-state index in [1.54, 1.807) is 0 Å². The van der Waals surface area contributed by atoms with E-state index in [4.69, 9.17) is 4.74 Å². The van der Waals surface area contributed by atoms with Crippen LogP contribution in [0.3, 0.4) is 0 Å². The van der Waals surface area contributed by atoms with E-state index in [-0.39, 0.29) is 11.5 Å². The van der Waals surface area contributed by atoms with Crippen LogP contribution < -0.4 is 10.9 Å². The lowest BCUT2D eigenvalue weighted by atomic mass is 10.0. The van der Waals surface area contributed by atoms with Gasteiger partial charge in [0.05, 0.1) is 18.9 Å². The highest BCUT2D eigenvalue weighted by molar-refractivity contribution is 5.95. The summed E-state index contributed by atoms with van der Waals surface area (Å²) >= 11 is 0. The second-order valence-electron chi connectivity index (χ2n) is 7.65. The third kappa shape index (κ3) is 3.45. The molecule has 0 unspecified atom stereocenters. The molecule has 0 saturated carbocycles. The number of pyridine rings is 1. The van der Waals surface area contributed by atoms with Crippen LogP contribution >= 0.6 is 0 Å². The molecule has 29 heavy (non-hydrogen) atoms. The Balaban J connectivity index is 1.36. The van der Waals surface area contributed by atoms with Crippen LogP contribution in [0.15, 0.2) is 47.3 Å². The number of aromatic nitrogens is 1. The largest absolute Gasteiger partial charge is 0.379 e. The Labute approximate surface area is 168 Å². The number of amides is 1. The minimum Gasteiger partial charge on any atom is -0.379 e. The second kappa shape index (κ2) is 7.46. The van der Waals surface area contributed by atoms with Crippen molar-refractivity contribution >= 4 is 22.4 Å². The average molecular weight is 389 g/mol. The van der Waals surface area contributed by atoms with Crippen molar-refractivity contribution in [3.63, 3.8) is 0 Å². The van der Waals surface area contributed by atoms with Crippen molar-refractivity contribution in [3.8, 4) is 11.3 Å². The third-order valence-corrected chi connectivity index (χ3v) is 5.83. The lowest BCUT2D eigenvalue weighted by Gasteiger charge is -2.26. The van der Waals surface area contributed by atoms with Gasteiger partial charge in [-0.1, -0.05) is 24.3 Å². The molecule has 1 amide bonds. The second-order valence-corrected chi connectivity index (χ2v) is 7.65. The number of rotatable bonds is 4. The van der Waals surface area contributed by atoms with Crippen LogP contribution in [0.5, 0.6) is 0 Å². The van der Waals surface area contributed by atoms with E-state index in [0.29, 0.717) is 6.42 Å². The Morgan fingerprint density at radius 3 is 2.72 bits per heavy atom. The number of hydrogen-bond donors (Lipinski definition) is 2. The van der Waals surface area contributed by atoms with E-state index in [1.807, 2.05) is 42.5 Å². The minimum atomic E-state index is -0.0767. The van der Waals surface area contributed by atoms with Crippen LogP contribution in [0.2, 0.25) is 0 Å². The highest BCUT2D eigenvalue weighted by Gasteiger charge is 2.23. The van der Waals surface area contributed by atoms with Gasteiger partial charge >= 0.3 is 0 Å². The number of carbonyl (C=O) groups is 1. The predicted molar refractivity (Wildman–Crippen MR) is 113 cm³/mol. The van der Waals surface area contributed by atoms with Gasteiger partial charge in [0.15, 0.2) is 0 Å². The van der Waals surface area contributed by atoms with Crippen molar-refractivity contribution in [2.75, 3.05) is 38.2 Å². The monoisotopic (exact) mass is 389 g/mol. The number of hydrogen-bond acceptors (Lipinski definition) is 4. The molecule has 0 spiro atoms. The fourth-order valence-corrected chi connectivity index (χ4v) is 4.29. The molecule has 2 N–H and O–H groups in total. The van der Waals surface area contributed by atoms with Gasteiger partial charge in [-0.25, -0.2) is 0 Å². The molecule has 6 heteroatoms. The van der Waals surface area contributed by atoms with E-state index in [1.165, 1.54) is 5.56 Å². The van der Waals surface area contributed by atoms with E-state index < -0.39 is 0 Å². The van der Waals surface area contributed by atoms with Gasteiger partial charge in [-0.15, -0.1) is 0 Å². The first-order valence-electron chi connectivity index (χ1n) is 10.1. The molecular formula is C23H23N3O3. The zero-order valence-electron chi connectivity index (χ0n) is 16.2. The molecule has 1 aliphatic carbocycles. The highest BCUT2D eigenvalue weighted by Crippen LogP contribution is 2.39. The van der Waals surface area contributed by atoms with Crippen molar-refractivity contribution in [3.05, 3.63) is 63.9 Å². The van der Waals surface area contributed by atoms with Gasteiger partial charge in [0, 0.05) is 49.1 Å². The topological polar surface area (TPSA) is 74.4 Å². The third-order valence-electron chi connectivity index (χ3n) is 5.83. The van der Waals surface area contributed by atoms with Crippen molar-refractivity contribution in [2.24, 2.45) is 0 Å². The molecular weight excluding hydrogens is 366 g/mol. The summed E-state index contributed by atoms with van der Waals surface area (Å²) in [6.45, 7) is 3.97. The first-order valence-corrected chi connectivity index (χ1v) is 10.1. The summed E-state index contributed by atoms with van der Waals surface area (Å²) in [6.07, 6.45) is 1.24. The maximum atomic E-state index is 12.5. The van der Waals surface area contributed by atoms with Crippen LogP contribution in [0.4, 0.5) is 5.69 Å². The quantitative estimate of drug-likeness (QED) is 0.563. The molecule has 2 aliphatic rings. The average Bonchev–Trinajstić information content (AvgIpc) is 3.11. The molecule has 6 nitrogen and oxygen atoms in total. The van der Waals surface area contributed by atoms with Gasteiger partial charge in [0.25, 0.3) is 5.56 Å². The van der Waals surface area contributed by atoms with E-state index in [2.05, 4.69) is 15.2 Å². The van der Waals surface area contributed by atoms with Gasteiger partial charge in [-0.2, -0.15) is 0 Å². The summed E-state index contributed by atoms with van der Waals surface area (Å²) in [5.74, 6) is 0.00154. The number of nitrogens with zero attached hydrogens (tertiary/aromatic N) is 1.